The van der Waals surface area contributed by atoms with Gasteiger partial charge in [-0.1, -0.05) is 30.8 Å². The molecule has 1 aromatic rings. The summed E-state index contributed by atoms with van der Waals surface area (Å²) in [6.07, 6.45) is 2.79. The number of esters is 1. The largest absolute Gasteiger partial charge is 0.465 e. The first kappa shape index (κ1) is 28.6. The number of allylic oxidation sites excluding steroid dienone is 4. The van der Waals surface area contributed by atoms with Crippen molar-refractivity contribution >= 4 is 23.5 Å². The molecule has 0 amide bonds. The third-order valence-electron chi connectivity index (χ3n) is 11.3. The first-order chi connectivity index (χ1) is 19.8. The monoisotopic (exact) mass is 601 g/mol. The number of carbonyl (C=O) groups excluding carboxylic acids is 2. The van der Waals surface area contributed by atoms with Crippen LogP contribution in [-0.4, -0.2) is 69.1 Å². The van der Waals surface area contributed by atoms with Gasteiger partial charge in [-0.05, 0) is 82.2 Å². The molecule has 5 fully saturated rings. The number of cyclic esters (lactones) is 1. The molecule has 42 heavy (non-hydrogen) atoms. The van der Waals surface area contributed by atoms with Crippen molar-refractivity contribution in [2.24, 2.45) is 28.6 Å². The molecule has 2 saturated heterocycles. The topological polar surface area (TPSA) is 95.0 Å². The molecule has 0 spiro atoms. The number of pyridine rings is 1. The molecule has 3 heterocycles. The van der Waals surface area contributed by atoms with E-state index < -0.39 is 69.3 Å². The Morgan fingerprint density at radius 2 is 1.93 bits per heavy atom. The van der Waals surface area contributed by atoms with E-state index in [0.29, 0.717) is 17.9 Å². The van der Waals surface area contributed by atoms with Gasteiger partial charge in [0.15, 0.2) is 17.2 Å². The predicted molar refractivity (Wildman–Crippen MR) is 150 cm³/mol. The number of thioether (sulfide) groups is 1. The zero-order chi connectivity index (χ0) is 29.9. The number of alkyl halides is 2. The average molecular weight is 602 g/mol. The Labute approximate surface area is 248 Å². The summed E-state index contributed by atoms with van der Waals surface area (Å²) in [6.45, 7) is 7.55. The van der Waals surface area contributed by atoms with Crippen LogP contribution in [0.25, 0.3) is 0 Å². The quantitative estimate of drug-likeness (QED) is 0.384. The van der Waals surface area contributed by atoms with Crippen molar-refractivity contribution in [3.63, 3.8) is 0 Å². The zero-order valence-corrected chi connectivity index (χ0v) is 25.0. The van der Waals surface area contributed by atoms with Gasteiger partial charge in [0.25, 0.3) is 0 Å². The van der Waals surface area contributed by atoms with Gasteiger partial charge in [0.2, 0.25) is 0 Å². The molecular weight excluding hydrogens is 564 g/mol. The number of ether oxygens (including phenoxy) is 3. The van der Waals surface area contributed by atoms with Gasteiger partial charge in [-0.2, -0.15) is 0 Å². The van der Waals surface area contributed by atoms with Gasteiger partial charge in [0, 0.05) is 22.9 Å². The highest BCUT2D eigenvalue weighted by molar-refractivity contribution is 8.00. The van der Waals surface area contributed by atoms with E-state index in [-0.39, 0.29) is 36.8 Å². The lowest BCUT2D eigenvalue weighted by Gasteiger charge is -2.64. The Morgan fingerprint density at radius 3 is 2.62 bits per heavy atom. The smallest absolute Gasteiger partial charge is 0.310 e. The van der Waals surface area contributed by atoms with Crippen LogP contribution >= 0.6 is 11.8 Å². The molecular formula is C32H37F2NO6S. The number of rotatable bonds is 4. The molecule has 226 valence electrons. The first-order valence-electron chi connectivity index (χ1n) is 14.9. The zero-order valence-electron chi connectivity index (χ0n) is 24.2. The van der Waals surface area contributed by atoms with Gasteiger partial charge in [0.1, 0.15) is 11.8 Å². The van der Waals surface area contributed by atoms with Crippen molar-refractivity contribution in [3.8, 4) is 0 Å². The summed E-state index contributed by atoms with van der Waals surface area (Å²) >= 11 is 1.43. The molecule has 2 aliphatic heterocycles. The fourth-order valence-electron chi connectivity index (χ4n) is 9.67. The van der Waals surface area contributed by atoms with E-state index in [1.54, 1.807) is 13.1 Å². The highest BCUT2D eigenvalue weighted by atomic mass is 32.2. The van der Waals surface area contributed by atoms with E-state index in [0.717, 1.165) is 0 Å². The highest BCUT2D eigenvalue weighted by Crippen LogP contribution is 2.74. The molecule has 0 bridgehead atoms. The van der Waals surface area contributed by atoms with E-state index in [1.165, 1.54) is 30.0 Å². The second kappa shape index (κ2) is 9.19. The molecule has 0 radical (unpaired) electrons. The summed E-state index contributed by atoms with van der Waals surface area (Å²) in [5.41, 5.74) is -5.64. The SMILES string of the molecule is CC1(C)O[C@@H]2C[C@H]3[C@@H]4C[C@H](F)C5=CC(=O)C=C[C@]5(C)[C@@]4(F)[C@@H](O)C[C@]3(C)[C@]2(C(Sc2ccccn2)C2CCOC2=O)O1. The van der Waals surface area contributed by atoms with Gasteiger partial charge in [-0.25, -0.2) is 13.8 Å². The van der Waals surface area contributed by atoms with Crippen LogP contribution in [-0.2, 0) is 23.8 Å². The number of aliphatic hydroxyl groups excluding tert-OH is 1. The Hall–Kier alpha value is -2.14. The fraction of sp³-hybridized carbons (Fsp3) is 0.656. The molecule has 3 saturated carbocycles. The second-order valence-electron chi connectivity index (χ2n) is 13.8. The van der Waals surface area contributed by atoms with E-state index in [1.807, 2.05) is 39.0 Å². The lowest BCUT2D eigenvalue weighted by atomic mass is 9.44. The Morgan fingerprint density at radius 1 is 1.14 bits per heavy atom. The lowest BCUT2D eigenvalue weighted by molar-refractivity contribution is -0.253. The first-order valence-corrected chi connectivity index (χ1v) is 15.7. The van der Waals surface area contributed by atoms with Crippen LogP contribution in [0.3, 0.4) is 0 Å². The number of hydrogen-bond acceptors (Lipinski definition) is 8. The van der Waals surface area contributed by atoms with E-state index in [4.69, 9.17) is 14.2 Å². The standard InChI is InChI=1S/C32H37F2NO6S/c1-28(2)40-24-15-19-20-14-22(33)21-13-17(36)8-10-29(21,3)31(20,34)23(37)16-30(19,4)32(24,41-28)26(18-9-12-39-27(18)38)42-25-7-5-6-11-35-25/h5-8,10-11,13,18-20,22-24,26,37H,9,12,14-16H2,1-4H3/t18?,19-,20-,22-,23-,24+,26?,29-,30-,31-,32-/m0/s1. The summed E-state index contributed by atoms with van der Waals surface area (Å²) in [5.74, 6) is -3.56. The minimum Gasteiger partial charge on any atom is -0.465 e. The van der Waals surface area contributed by atoms with E-state index in [2.05, 4.69) is 4.98 Å². The van der Waals surface area contributed by atoms with Crippen LogP contribution in [0.5, 0.6) is 0 Å². The normalized spacial score (nSPS) is 47.6. The number of aromatic nitrogens is 1. The molecule has 1 aromatic heterocycles. The predicted octanol–water partition coefficient (Wildman–Crippen LogP) is 4.92. The molecule has 11 atom stereocenters. The van der Waals surface area contributed by atoms with Crippen molar-refractivity contribution in [1.29, 1.82) is 0 Å². The Balaban J connectivity index is 1.38. The number of hydrogen-bond donors (Lipinski definition) is 1. The van der Waals surface area contributed by atoms with Crippen LogP contribution < -0.4 is 0 Å². The fourth-order valence-corrected chi connectivity index (χ4v) is 11.3. The maximum Gasteiger partial charge on any atom is 0.310 e. The summed E-state index contributed by atoms with van der Waals surface area (Å²) in [4.78, 5) is 30.0. The van der Waals surface area contributed by atoms with Crippen LogP contribution in [0.1, 0.15) is 53.4 Å². The van der Waals surface area contributed by atoms with E-state index >= 15 is 8.78 Å². The van der Waals surface area contributed by atoms with Crippen LogP contribution in [0, 0.1) is 28.6 Å². The molecule has 2 unspecified atom stereocenters. The van der Waals surface area contributed by atoms with Crippen LogP contribution in [0.4, 0.5) is 8.78 Å². The molecule has 10 heteroatoms. The van der Waals surface area contributed by atoms with Gasteiger partial charge >= 0.3 is 5.97 Å². The minimum atomic E-state index is -2.21. The van der Waals surface area contributed by atoms with Crippen LogP contribution in [0.2, 0.25) is 0 Å². The van der Waals surface area contributed by atoms with Gasteiger partial charge < -0.3 is 19.3 Å². The highest BCUT2D eigenvalue weighted by Gasteiger charge is 2.81. The van der Waals surface area contributed by atoms with Gasteiger partial charge in [-0.15, -0.1) is 0 Å². The van der Waals surface area contributed by atoms with E-state index in [9.17, 15) is 14.7 Å². The lowest BCUT2D eigenvalue weighted by Crippen LogP contribution is -2.71. The number of nitrogens with zero attached hydrogens (tertiary/aromatic N) is 1. The maximum atomic E-state index is 17.8. The second-order valence-corrected chi connectivity index (χ2v) is 14.9. The van der Waals surface area contributed by atoms with Crippen molar-refractivity contribution < 1.29 is 37.7 Å². The summed E-state index contributed by atoms with van der Waals surface area (Å²) in [5, 5.41) is 12.1. The maximum absolute atomic E-state index is 17.8. The summed E-state index contributed by atoms with van der Waals surface area (Å²) < 4.78 is 52.8. The molecule has 7 nitrogen and oxygen atoms in total. The number of ketones is 1. The van der Waals surface area contributed by atoms with Crippen molar-refractivity contribution in [3.05, 3.63) is 48.2 Å². The van der Waals surface area contributed by atoms with Crippen molar-refractivity contribution in [2.75, 3.05) is 6.61 Å². The Kier molecular flexibility index (Phi) is 6.26. The van der Waals surface area contributed by atoms with Crippen molar-refractivity contribution in [1.82, 2.24) is 4.98 Å². The third kappa shape index (κ3) is 3.58. The molecule has 6 aliphatic rings. The van der Waals surface area contributed by atoms with Crippen molar-refractivity contribution in [2.45, 2.75) is 99.1 Å². The van der Waals surface area contributed by atoms with Gasteiger partial charge in [-0.3, -0.25) is 9.59 Å². The van der Waals surface area contributed by atoms with Gasteiger partial charge in [0.05, 0.1) is 35.0 Å². The summed E-state index contributed by atoms with van der Waals surface area (Å²) in [7, 11) is 0. The third-order valence-corrected chi connectivity index (χ3v) is 12.8. The summed E-state index contributed by atoms with van der Waals surface area (Å²) in [6, 6.07) is 5.57. The van der Waals surface area contributed by atoms with Crippen LogP contribution in [0.15, 0.2) is 53.2 Å². The average Bonchev–Trinajstić information content (AvgIpc) is 3.55. The number of aliphatic hydroxyl groups is 1. The molecule has 1 N–H and O–H groups in total. The number of carbonyl (C=O) groups is 2. The molecule has 0 aromatic carbocycles. The number of fused-ring (bicyclic) bond motifs is 7. The molecule has 4 aliphatic carbocycles. The number of halogens is 2. The minimum absolute atomic E-state index is 0.0171. The molecule has 7 rings (SSSR count). The Bertz CT molecular complexity index is 1390.